The zero-order valence-corrected chi connectivity index (χ0v) is 13.1. The van der Waals surface area contributed by atoms with Crippen LogP contribution in [0.1, 0.15) is 58.1 Å². The number of aryl methyl sites for hydroxylation is 1. The zero-order chi connectivity index (χ0) is 14.2. The molecule has 3 unspecified atom stereocenters. The van der Waals surface area contributed by atoms with Crippen molar-refractivity contribution in [2.24, 2.45) is 11.8 Å². The van der Waals surface area contributed by atoms with Gasteiger partial charge in [0.05, 0.1) is 0 Å². The standard InChI is InChI=1S/C18H30N2/c1-3-15-8-7-9-16(14-15)18(19-4-2)12-11-17-10-5-6-13-20-17/h5-6,10,13,15-16,18-19H,3-4,7-9,11-12,14H2,1-2H3. The van der Waals surface area contributed by atoms with Gasteiger partial charge in [-0.2, -0.15) is 0 Å². The summed E-state index contributed by atoms with van der Waals surface area (Å²) in [6, 6.07) is 6.92. The van der Waals surface area contributed by atoms with Gasteiger partial charge < -0.3 is 5.32 Å². The molecule has 0 spiro atoms. The van der Waals surface area contributed by atoms with Gasteiger partial charge in [-0.1, -0.05) is 39.2 Å². The Morgan fingerprint density at radius 3 is 2.90 bits per heavy atom. The van der Waals surface area contributed by atoms with Gasteiger partial charge >= 0.3 is 0 Å². The van der Waals surface area contributed by atoms with E-state index in [2.05, 4.69) is 36.3 Å². The van der Waals surface area contributed by atoms with Crippen LogP contribution >= 0.6 is 0 Å². The maximum atomic E-state index is 4.46. The van der Waals surface area contributed by atoms with Crippen LogP contribution in [0.4, 0.5) is 0 Å². The van der Waals surface area contributed by atoms with Gasteiger partial charge in [-0.05, 0) is 56.2 Å². The highest BCUT2D eigenvalue weighted by Gasteiger charge is 2.27. The van der Waals surface area contributed by atoms with Gasteiger partial charge in [0.2, 0.25) is 0 Å². The summed E-state index contributed by atoms with van der Waals surface area (Å²) >= 11 is 0. The number of hydrogen-bond donors (Lipinski definition) is 1. The van der Waals surface area contributed by atoms with Crippen LogP contribution in [0.3, 0.4) is 0 Å². The lowest BCUT2D eigenvalue weighted by Gasteiger charge is -2.35. The van der Waals surface area contributed by atoms with Crippen LogP contribution in [0.15, 0.2) is 24.4 Å². The third kappa shape index (κ3) is 4.59. The molecule has 1 N–H and O–H groups in total. The van der Waals surface area contributed by atoms with Gasteiger partial charge in [-0.25, -0.2) is 0 Å². The summed E-state index contributed by atoms with van der Waals surface area (Å²) in [5.74, 6) is 1.84. The van der Waals surface area contributed by atoms with Crippen LogP contribution in [-0.4, -0.2) is 17.6 Å². The molecule has 1 fully saturated rings. The first-order valence-corrected chi connectivity index (χ1v) is 8.46. The van der Waals surface area contributed by atoms with Gasteiger partial charge in [-0.15, -0.1) is 0 Å². The zero-order valence-electron chi connectivity index (χ0n) is 13.1. The van der Waals surface area contributed by atoms with Gasteiger partial charge in [0.15, 0.2) is 0 Å². The molecule has 1 saturated carbocycles. The first-order chi connectivity index (χ1) is 9.83. The van der Waals surface area contributed by atoms with Crippen LogP contribution in [0.2, 0.25) is 0 Å². The highest BCUT2D eigenvalue weighted by molar-refractivity contribution is 5.04. The van der Waals surface area contributed by atoms with E-state index in [1.807, 2.05) is 12.3 Å². The Balaban J connectivity index is 1.89. The Morgan fingerprint density at radius 2 is 2.20 bits per heavy atom. The lowest BCUT2D eigenvalue weighted by molar-refractivity contribution is 0.203. The van der Waals surface area contributed by atoms with Crippen molar-refractivity contribution in [3.63, 3.8) is 0 Å². The van der Waals surface area contributed by atoms with Crippen molar-refractivity contribution in [1.29, 1.82) is 0 Å². The average molecular weight is 274 g/mol. The summed E-state index contributed by atoms with van der Waals surface area (Å²) < 4.78 is 0. The minimum absolute atomic E-state index is 0.677. The molecule has 2 heteroatoms. The largest absolute Gasteiger partial charge is 0.314 e. The molecule has 1 aromatic rings. The third-order valence-electron chi connectivity index (χ3n) is 4.87. The Kier molecular flexibility index (Phi) is 6.52. The van der Waals surface area contributed by atoms with Crippen molar-refractivity contribution >= 4 is 0 Å². The molecule has 2 rings (SSSR count). The molecule has 0 amide bonds. The predicted octanol–water partition coefficient (Wildman–Crippen LogP) is 4.21. The van der Waals surface area contributed by atoms with Crippen LogP contribution in [0.25, 0.3) is 0 Å². The molecule has 112 valence electrons. The van der Waals surface area contributed by atoms with E-state index >= 15 is 0 Å². The van der Waals surface area contributed by atoms with Crippen molar-refractivity contribution in [3.8, 4) is 0 Å². The number of hydrogen-bond acceptors (Lipinski definition) is 2. The van der Waals surface area contributed by atoms with E-state index in [0.29, 0.717) is 6.04 Å². The van der Waals surface area contributed by atoms with Crippen LogP contribution in [0, 0.1) is 11.8 Å². The summed E-state index contributed by atoms with van der Waals surface area (Å²) in [6.07, 6.45) is 11.3. The SMILES string of the molecule is CCNC(CCc1ccccn1)C1CCCC(CC)C1. The van der Waals surface area contributed by atoms with E-state index in [1.165, 1.54) is 44.2 Å². The highest BCUT2D eigenvalue weighted by Crippen LogP contribution is 2.34. The van der Waals surface area contributed by atoms with Gasteiger partial charge in [0, 0.05) is 17.9 Å². The topological polar surface area (TPSA) is 24.9 Å². The van der Waals surface area contributed by atoms with E-state index in [4.69, 9.17) is 0 Å². The molecule has 1 heterocycles. The maximum Gasteiger partial charge on any atom is 0.0404 e. The van der Waals surface area contributed by atoms with Crippen molar-refractivity contribution in [2.45, 2.75) is 64.8 Å². The number of pyridine rings is 1. The van der Waals surface area contributed by atoms with Crippen LogP contribution in [0.5, 0.6) is 0 Å². The van der Waals surface area contributed by atoms with Crippen molar-refractivity contribution < 1.29 is 0 Å². The fraction of sp³-hybridized carbons (Fsp3) is 0.722. The molecule has 0 aliphatic heterocycles. The van der Waals surface area contributed by atoms with E-state index < -0.39 is 0 Å². The molecule has 3 atom stereocenters. The monoisotopic (exact) mass is 274 g/mol. The van der Waals surface area contributed by atoms with Crippen molar-refractivity contribution in [1.82, 2.24) is 10.3 Å². The van der Waals surface area contributed by atoms with E-state index in [9.17, 15) is 0 Å². The molecule has 20 heavy (non-hydrogen) atoms. The molecule has 1 aromatic heterocycles. The Labute approximate surface area is 124 Å². The molecule has 1 aliphatic rings. The lowest BCUT2D eigenvalue weighted by Crippen LogP contribution is -2.39. The van der Waals surface area contributed by atoms with Crippen molar-refractivity contribution in [2.75, 3.05) is 6.54 Å². The summed E-state index contributed by atoms with van der Waals surface area (Å²) in [6.45, 7) is 5.66. The molecule has 0 aromatic carbocycles. The van der Waals surface area contributed by atoms with Gasteiger partial charge in [-0.3, -0.25) is 4.98 Å². The van der Waals surface area contributed by atoms with E-state index in [-0.39, 0.29) is 0 Å². The lowest BCUT2D eigenvalue weighted by atomic mass is 9.75. The fourth-order valence-corrected chi connectivity index (χ4v) is 3.68. The molecule has 0 radical (unpaired) electrons. The fourth-order valence-electron chi connectivity index (χ4n) is 3.68. The highest BCUT2D eigenvalue weighted by atomic mass is 14.9. The summed E-state index contributed by atoms with van der Waals surface area (Å²) in [7, 11) is 0. The first kappa shape index (κ1) is 15.5. The van der Waals surface area contributed by atoms with Crippen LogP contribution < -0.4 is 5.32 Å². The summed E-state index contributed by atoms with van der Waals surface area (Å²) in [4.78, 5) is 4.46. The average Bonchev–Trinajstić information content (AvgIpc) is 2.52. The second-order valence-corrected chi connectivity index (χ2v) is 6.22. The second-order valence-electron chi connectivity index (χ2n) is 6.22. The second kappa shape index (κ2) is 8.41. The molecule has 0 bridgehead atoms. The number of aromatic nitrogens is 1. The molecular weight excluding hydrogens is 244 g/mol. The molecular formula is C18H30N2. The minimum atomic E-state index is 0.677. The van der Waals surface area contributed by atoms with E-state index in [1.54, 1.807) is 0 Å². The Morgan fingerprint density at radius 1 is 1.30 bits per heavy atom. The Hall–Kier alpha value is -0.890. The van der Waals surface area contributed by atoms with Gasteiger partial charge in [0.25, 0.3) is 0 Å². The summed E-state index contributed by atoms with van der Waals surface area (Å²) in [5, 5.41) is 3.74. The van der Waals surface area contributed by atoms with Crippen LogP contribution in [-0.2, 0) is 6.42 Å². The van der Waals surface area contributed by atoms with Crippen molar-refractivity contribution in [3.05, 3.63) is 30.1 Å². The smallest absolute Gasteiger partial charge is 0.0404 e. The Bertz CT molecular complexity index is 363. The molecule has 1 aliphatic carbocycles. The van der Waals surface area contributed by atoms with E-state index in [0.717, 1.165) is 24.8 Å². The maximum absolute atomic E-state index is 4.46. The number of rotatable bonds is 7. The normalized spacial score (nSPS) is 24.5. The summed E-state index contributed by atoms with van der Waals surface area (Å²) in [5.41, 5.74) is 1.23. The number of nitrogens with zero attached hydrogens (tertiary/aromatic N) is 1. The third-order valence-corrected chi connectivity index (χ3v) is 4.87. The molecule has 2 nitrogen and oxygen atoms in total. The first-order valence-electron chi connectivity index (χ1n) is 8.46. The van der Waals surface area contributed by atoms with Gasteiger partial charge in [0.1, 0.15) is 0 Å². The minimum Gasteiger partial charge on any atom is -0.314 e. The predicted molar refractivity (Wildman–Crippen MR) is 85.8 cm³/mol. The quantitative estimate of drug-likeness (QED) is 0.805. The number of nitrogens with one attached hydrogen (secondary N) is 1. The molecule has 0 saturated heterocycles.